The molecule has 2 aromatic rings. The number of hydrogen-bond acceptors (Lipinski definition) is 4. The lowest BCUT2D eigenvalue weighted by Crippen LogP contribution is -2.38. The molecule has 0 N–H and O–H groups in total. The van der Waals surface area contributed by atoms with E-state index in [4.69, 9.17) is 11.6 Å². The summed E-state index contributed by atoms with van der Waals surface area (Å²) in [5.41, 5.74) is 1.57. The highest BCUT2D eigenvalue weighted by atomic mass is 35.5. The lowest BCUT2D eigenvalue weighted by atomic mass is 9.71. The van der Waals surface area contributed by atoms with Gasteiger partial charge >= 0.3 is 0 Å². The van der Waals surface area contributed by atoms with E-state index >= 15 is 0 Å². The molecule has 1 aliphatic carbocycles. The highest BCUT2D eigenvalue weighted by Crippen LogP contribution is 2.36. The van der Waals surface area contributed by atoms with Gasteiger partial charge in [-0.15, -0.1) is 5.10 Å². The monoisotopic (exact) mass is 273 g/mol. The Labute approximate surface area is 115 Å². The van der Waals surface area contributed by atoms with Gasteiger partial charge in [0.15, 0.2) is 10.9 Å². The van der Waals surface area contributed by atoms with Crippen LogP contribution in [0.2, 0.25) is 5.15 Å². The minimum atomic E-state index is -0.645. The number of pyridine rings is 1. The number of ketones is 1. The highest BCUT2D eigenvalue weighted by molar-refractivity contribution is 6.29. The summed E-state index contributed by atoms with van der Waals surface area (Å²) in [7, 11) is 0. The number of aryl methyl sites for hydroxylation is 1. The molecule has 0 aliphatic heterocycles. The van der Waals surface area contributed by atoms with Gasteiger partial charge in [-0.3, -0.25) is 9.78 Å². The molecule has 0 fully saturated rings. The number of Topliss-reactive ketones (excluding diaryl/α,β-unsaturated/α-hetero) is 1. The molecule has 0 saturated heterocycles. The zero-order chi connectivity index (χ0) is 13.5. The average molecular weight is 274 g/mol. The van der Waals surface area contributed by atoms with E-state index in [1.54, 1.807) is 24.4 Å². The minimum Gasteiger partial charge on any atom is -0.293 e. The van der Waals surface area contributed by atoms with Crippen molar-refractivity contribution in [2.75, 3.05) is 0 Å². The molecule has 0 amide bonds. The van der Waals surface area contributed by atoms with E-state index in [1.807, 2.05) is 13.0 Å². The number of fused-ring (bicyclic) bond motifs is 1. The molecule has 0 aromatic carbocycles. The van der Waals surface area contributed by atoms with Crippen LogP contribution in [0.4, 0.5) is 0 Å². The molecule has 0 spiro atoms. The molecule has 0 saturated carbocycles. The number of nitrogens with zero attached hydrogens (tertiary/aromatic N) is 3. The van der Waals surface area contributed by atoms with Crippen molar-refractivity contribution in [2.45, 2.75) is 25.2 Å². The van der Waals surface area contributed by atoms with Gasteiger partial charge in [0.2, 0.25) is 0 Å². The first kappa shape index (κ1) is 12.2. The third-order valence-electron chi connectivity index (χ3n) is 3.70. The summed E-state index contributed by atoms with van der Waals surface area (Å²) in [6, 6.07) is 7.05. The normalized spacial score (nSPS) is 22.1. The van der Waals surface area contributed by atoms with Crippen LogP contribution in [0, 0.1) is 0 Å². The smallest absolute Gasteiger partial charge is 0.176 e. The molecule has 2 aromatic heterocycles. The maximum atomic E-state index is 12.7. The molecule has 3 rings (SSSR count). The molecule has 0 bridgehead atoms. The predicted molar refractivity (Wildman–Crippen MR) is 71.3 cm³/mol. The van der Waals surface area contributed by atoms with Crippen LogP contribution in [-0.4, -0.2) is 21.0 Å². The van der Waals surface area contributed by atoms with E-state index < -0.39 is 5.41 Å². The van der Waals surface area contributed by atoms with E-state index in [9.17, 15) is 4.79 Å². The van der Waals surface area contributed by atoms with Crippen molar-refractivity contribution < 1.29 is 4.79 Å². The minimum absolute atomic E-state index is 0.0541. The van der Waals surface area contributed by atoms with E-state index in [2.05, 4.69) is 15.2 Å². The summed E-state index contributed by atoms with van der Waals surface area (Å²) < 4.78 is 0. The van der Waals surface area contributed by atoms with Crippen LogP contribution >= 0.6 is 11.6 Å². The molecule has 96 valence electrons. The van der Waals surface area contributed by atoms with Crippen LogP contribution in [-0.2, 0) is 11.8 Å². The molecule has 4 nitrogen and oxygen atoms in total. The molecular weight excluding hydrogens is 262 g/mol. The summed E-state index contributed by atoms with van der Waals surface area (Å²) in [6.07, 6.45) is 3.17. The Kier molecular flexibility index (Phi) is 2.82. The molecule has 1 atom stereocenters. The van der Waals surface area contributed by atoms with Crippen molar-refractivity contribution >= 4 is 17.4 Å². The standard InChI is InChI=1S/C14H12ClN3O/c1-14(11-4-5-12(15)18-17-11)7-6-10-9(13(14)19)3-2-8-16-10/h2-5,8H,6-7H2,1H3. The molecular formula is C14H12ClN3O. The maximum absolute atomic E-state index is 12.7. The van der Waals surface area contributed by atoms with Gasteiger partial charge in [0, 0.05) is 11.8 Å². The van der Waals surface area contributed by atoms with Crippen LogP contribution in [0.3, 0.4) is 0 Å². The van der Waals surface area contributed by atoms with Crippen LogP contribution in [0.25, 0.3) is 0 Å². The van der Waals surface area contributed by atoms with Crippen molar-refractivity contribution in [3.8, 4) is 0 Å². The number of carbonyl (C=O) groups excluding carboxylic acids is 1. The molecule has 1 aliphatic rings. The largest absolute Gasteiger partial charge is 0.293 e. The van der Waals surface area contributed by atoms with Crippen LogP contribution < -0.4 is 0 Å². The van der Waals surface area contributed by atoms with Crippen molar-refractivity contribution in [1.29, 1.82) is 0 Å². The Balaban J connectivity index is 2.07. The Morgan fingerprint density at radius 2 is 2.11 bits per heavy atom. The molecule has 2 heterocycles. The number of rotatable bonds is 1. The van der Waals surface area contributed by atoms with Crippen LogP contribution in [0.1, 0.15) is 35.1 Å². The lowest BCUT2D eigenvalue weighted by Gasteiger charge is -2.31. The van der Waals surface area contributed by atoms with Gasteiger partial charge in [0.1, 0.15) is 0 Å². The van der Waals surface area contributed by atoms with Gasteiger partial charge in [0.05, 0.1) is 16.8 Å². The summed E-state index contributed by atoms with van der Waals surface area (Å²) in [5.74, 6) is 0.0541. The molecule has 0 radical (unpaired) electrons. The van der Waals surface area contributed by atoms with E-state index in [1.165, 1.54) is 0 Å². The number of halogens is 1. The summed E-state index contributed by atoms with van der Waals surface area (Å²) in [6.45, 7) is 1.91. The highest BCUT2D eigenvalue weighted by Gasteiger charge is 2.41. The first-order valence-electron chi connectivity index (χ1n) is 6.10. The average Bonchev–Trinajstić information content (AvgIpc) is 2.44. The quantitative estimate of drug-likeness (QED) is 0.801. The van der Waals surface area contributed by atoms with E-state index in [0.29, 0.717) is 22.8 Å². The first-order chi connectivity index (χ1) is 9.11. The molecule has 5 heteroatoms. The van der Waals surface area contributed by atoms with Crippen molar-refractivity contribution in [2.24, 2.45) is 0 Å². The van der Waals surface area contributed by atoms with Crippen LogP contribution in [0.5, 0.6) is 0 Å². The second-order valence-corrected chi connectivity index (χ2v) is 5.29. The van der Waals surface area contributed by atoms with Gasteiger partial charge in [0.25, 0.3) is 0 Å². The second-order valence-electron chi connectivity index (χ2n) is 4.90. The summed E-state index contributed by atoms with van der Waals surface area (Å²) >= 11 is 5.74. The number of aromatic nitrogens is 3. The molecule has 19 heavy (non-hydrogen) atoms. The maximum Gasteiger partial charge on any atom is 0.176 e. The number of hydrogen-bond donors (Lipinski definition) is 0. The zero-order valence-electron chi connectivity index (χ0n) is 10.4. The van der Waals surface area contributed by atoms with Crippen LogP contribution in [0.15, 0.2) is 30.5 Å². The summed E-state index contributed by atoms with van der Waals surface area (Å²) in [5, 5.41) is 8.24. The fourth-order valence-electron chi connectivity index (χ4n) is 2.48. The zero-order valence-corrected chi connectivity index (χ0v) is 11.2. The fraction of sp³-hybridized carbons (Fsp3) is 0.286. The Morgan fingerprint density at radius 3 is 2.84 bits per heavy atom. The molecule has 1 unspecified atom stereocenters. The Morgan fingerprint density at radius 1 is 1.26 bits per heavy atom. The van der Waals surface area contributed by atoms with Gasteiger partial charge in [-0.25, -0.2) is 0 Å². The summed E-state index contributed by atoms with van der Waals surface area (Å²) in [4.78, 5) is 16.9. The SMILES string of the molecule is CC1(c2ccc(Cl)nn2)CCc2ncccc2C1=O. The van der Waals surface area contributed by atoms with Gasteiger partial charge in [-0.2, -0.15) is 5.10 Å². The second kappa shape index (κ2) is 4.38. The first-order valence-corrected chi connectivity index (χ1v) is 6.47. The Hall–Kier alpha value is -1.81. The topological polar surface area (TPSA) is 55.7 Å². The van der Waals surface area contributed by atoms with Crippen molar-refractivity contribution in [3.05, 3.63) is 52.6 Å². The third kappa shape index (κ3) is 1.92. The number of carbonyl (C=O) groups is 1. The predicted octanol–water partition coefficient (Wildman–Crippen LogP) is 2.61. The lowest BCUT2D eigenvalue weighted by molar-refractivity contribution is 0.0869. The van der Waals surface area contributed by atoms with E-state index in [0.717, 1.165) is 12.1 Å². The van der Waals surface area contributed by atoms with Crippen molar-refractivity contribution in [3.63, 3.8) is 0 Å². The van der Waals surface area contributed by atoms with Gasteiger partial charge in [-0.05, 0) is 44.0 Å². The Bertz CT molecular complexity index is 641. The third-order valence-corrected chi connectivity index (χ3v) is 3.90. The van der Waals surface area contributed by atoms with Crippen molar-refractivity contribution in [1.82, 2.24) is 15.2 Å². The fourth-order valence-corrected chi connectivity index (χ4v) is 2.58. The van der Waals surface area contributed by atoms with Gasteiger partial charge in [-0.1, -0.05) is 11.6 Å². The van der Waals surface area contributed by atoms with E-state index in [-0.39, 0.29) is 5.78 Å². The van der Waals surface area contributed by atoms with Gasteiger partial charge < -0.3 is 0 Å².